The second-order valence-electron chi connectivity index (χ2n) is 4.65. The Bertz CT molecular complexity index is 926. The van der Waals surface area contributed by atoms with Crippen LogP contribution in [0.25, 0.3) is 10.8 Å². The average Bonchev–Trinajstić information content (AvgIpc) is 2.68. The maximum absolute atomic E-state index is 11.3. The highest BCUT2D eigenvalue weighted by atomic mass is 16.3. The molecule has 0 aromatic heterocycles. The Morgan fingerprint density at radius 2 is 1.52 bits per heavy atom. The third-order valence-electron chi connectivity index (χ3n) is 3.22. The first-order chi connectivity index (χ1) is 10.2. The summed E-state index contributed by atoms with van der Waals surface area (Å²) in [5.41, 5.74) is 1.21. The van der Waals surface area contributed by atoms with Gasteiger partial charge in [-0.3, -0.25) is 4.79 Å². The van der Waals surface area contributed by atoms with E-state index in [1.807, 2.05) is 42.5 Å². The van der Waals surface area contributed by atoms with Gasteiger partial charge in [0.15, 0.2) is 5.75 Å². The molecule has 0 saturated heterocycles. The molecule has 0 fully saturated rings. The predicted molar refractivity (Wildman–Crippen MR) is 84.3 cm³/mol. The Morgan fingerprint density at radius 1 is 0.762 bits per heavy atom. The molecule has 0 heterocycles. The number of fused-ring (bicyclic) bond motifs is 1. The van der Waals surface area contributed by atoms with E-state index in [1.54, 1.807) is 12.1 Å². The highest BCUT2D eigenvalue weighted by molar-refractivity contribution is 5.88. The fraction of sp³-hybridized carbons (Fsp3) is 0. The van der Waals surface area contributed by atoms with Gasteiger partial charge in [-0.2, -0.15) is 0 Å². The second-order valence-corrected chi connectivity index (χ2v) is 4.65. The van der Waals surface area contributed by atoms with Crippen molar-refractivity contribution in [1.82, 2.24) is 0 Å². The summed E-state index contributed by atoms with van der Waals surface area (Å²) in [5, 5.41) is 11.6. The molecule has 0 aliphatic heterocycles. The van der Waals surface area contributed by atoms with Gasteiger partial charge in [0.2, 0.25) is 5.43 Å². The number of rotatable bonds is 0. The summed E-state index contributed by atoms with van der Waals surface area (Å²) in [6.45, 7) is 0. The van der Waals surface area contributed by atoms with Crippen molar-refractivity contribution in [1.29, 1.82) is 0 Å². The lowest BCUT2D eigenvalue weighted by Gasteiger charge is -1.99. The van der Waals surface area contributed by atoms with Crippen molar-refractivity contribution in [3.63, 3.8) is 0 Å². The van der Waals surface area contributed by atoms with E-state index < -0.39 is 5.43 Å². The molecule has 0 saturated carbocycles. The standard InChI is InChI=1S/C19H12O2/c20-18-12-9-14(10-13-19(18)21)8-11-16-6-3-5-15-4-1-2-7-17(15)16/h1-7,9-10,12-13H,(H,20,21). The number of hydrogen-bond acceptors (Lipinski definition) is 2. The van der Waals surface area contributed by atoms with Crippen LogP contribution in [-0.4, -0.2) is 5.11 Å². The fourth-order valence-corrected chi connectivity index (χ4v) is 2.11. The first-order valence-electron chi connectivity index (χ1n) is 6.57. The largest absolute Gasteiger partial charge is 0.504 e. The molecular formula is C19H12O2. The van der Waals surface area contributed by atoms with Crippen molar-refractivity contribution in [2.24, 2.45) is 0 Å². The van der Waals surface area contributed by atoms with Gasteiger partial charge in [-0.25, -0.2) is 0 Å². The van der Waals surface area contributed by atoms with E-state index in [0.29, 0.717) is 5.56 Å². The maximum atomic E-state index is 11.3. The van der Waals surface area contributed by atoms with Crippen LogP contribution in [0.4, 0.5) is 0 Å². The molecule has 0 unspecified atom stereocenters. The van der Waals surface area contributed by atoms with E-state index in [0.717, 1.165) is 16.3 Å². The van der Waals surface area contributed by atoms with Crippen LogP contribution in [0, 0.1) is 11.8 Å². The molecule has 0 spiro atoms. The van der Waals surface area contributed by atoms with Crippen molar-refractivity contribution in [2.45, 2.75) is 0 Å². The fourth-order valence-electron chi connectivity index (χ4n) is 2.11. The van der Waals surface area contributed by atoms with Crippen LogP contribution in [0.1, 0.15) is 11.1 Å². The first-order valence-corrected chi connectivity index (χ1v) is 6.57. The van der Waals surface area contributed by atoms with Crippen LogP contribution in [0.2, 0.25) is 0 Å². The summed E-state index contributed by atoms with van der Waals surface area (Å²) in [6, 6.07) is 20.0. The van der Waals surface area contributed by atoms with Gasteiger partial charge in [-0.15, -0.1) is 0 Å². The van der Waals surface area contributed by atoms with Crippen molar-refractivity contribution in [2.75, 3.05) is 0 Å². The Labute approximate surface area is 122 Å². The molecule has 0 bridgehead atoms. The lowest BCUT2D eigenvalue weighted by molar-refractivity contribution is 0.471. The topological polar surface area (TPSA) is 37.3 Å². The molecule has 3 aromatic rings. The lowest BCUT2D eigenvalue weighted by atomic mass is 10.0. The first kappa shape index (κ1) is 13.0. The van der Waals surface area contributed by atoms with Gasteiger partial charge in [0.1, 0.15) is 0 Å². The Morgan fingerprint density at radius 3 is 2.43 bits per heavy atom. The summed E-state index contributed by atoms with van der Waals surface area (Å²) >= 11 is 0. The summed E-state index contributed by atoms with van der Waals surface area (Å²) in [4.78, 5) is 11.3. The van der Waals surface area contributed by atoms with Crippen LogP contribution in [0.5, 0.6) is 5.75 Å². The zero-order valence-electron chi connectivity index (χ0n) is 11.2. The number of benzene rings is 2. The molecule has 3 aromatic carbocycles. The van der Waals surface area contributed by atoms with Gasteiger partial charge in [-0.05, 0) is 41.1 Å². The van der Waals surface area contributed by atoms with E-state index >= 15 is 0 Å². The molecule has 0 aliphatic carbocycles. The zero-order valence-corrected chi connectivity index (χ0v) is 11.2. The quantitative estimate of drug-likeness (QED) is 0.637. The molecule has 21 heavy (non-hydrogen) atoms. The SMILES string of the molecule is O=c1ccc(C#Cc2cccc3ccccc23)ccc1O. The molecule has 100 valence electrons. The van der Waals surface area contributed by atoms with E-state index in [9.17, 15) is 9.90 Å². The second kappa shape index (κ2) is 5.52. The third kappa shape index (κ3) is 2.77. The van der Waals surface area contributed by atoms with Crippen LogP contribution < -0.4 is 5.43 Å². The molecular weight excluding hydrogens is 260 g/mol. The minimum absolute atomic E-state index is 0.270. The van der Waals surface area contributed by atoms with Gasteiger partial charge in [0, 0.05) is 11.1 Å². The van der Waals surface area contributed by atoms with E-state index in [2.05, 4.69) is 11.8 Å². The predicted octanol–water partition coefficient (Wildman–Crippen LogP) is 3.31. The van der Waals surface area contributed by atoms with Crippen LogP contribution >= 0.6 is 0 Å². The van der Waals surface area contributed by atoms with Gasteiger partial charge in [0.25, 0.3) is 0 Å². The lowest BCUT2D eigenvalue weighted by Crippen LogP contribution is -1.91. The number of aromatic hydroxyl groups is 1. The Hall–Kier alpha value is -3.05. The molecule has 2 nitrogen and oxygen atoms in total. The van der Waals surface area contributed by atoms with Crippen LogP contribution in [-0.2, 0) is 0 Å². The van der Waals surface area contributed by atoms with Gasteiger partial charge in [0.05, 0.1) is 0 Å². The van der Waals surface area contributed by atoms with E-state index in [-0.39, 0.29) is 5.75 Å². The summed E-state index contributed by atoms with van der Waals surface area (Å²) < 4.78 is 0. The van der Waals surface area contributed by atoms with Crippen molar-refractivity contribution in [3.8, 4) is 17.6 Å². The molecule has 0 atom stereocenters. The van der Waals surface area contributed by atoms with Gasteiger partial charge < -0.3 is 5.11 Å². The molecule has 0 radical (unpaired) electrons. The molecule has 0 aliphatic rings. The third-order valence-corrected chi connectivity index (χ3v) is 3.22. The van der Waals surface area contributed by atoms with E-state index in [1.165, 1.54) is 12.1 Å². The summed E-state index contributed by atoms with van der Waals surface area (Å²) in [7, 11) is 0. The van der Waals surface area contributed by atoms with Crippen molar-refractivity contribution >= 4 is 10.8 Å². The zero-order chi connectivity index (χ0) is 14.7. The maximum Gasteiger partial charge on any atom is 0.220 e. The Kier molecular flexibility index (Phi) is 3.41. The average molecular weight is 272 g/mol. The van der Waals surface area contributed by atoms with E-state index in [4.69, 9.17) is 0 Å². The summed E-state index contributed by atoms with van der Waals surface area (Å²) in [6.07, 6.45) is 0. The van der Waals surface area contributed by atoms with Gasteiger partial charge in [-0.1, -0.05) is 48.2 Å². The van der Waals surface area contributed by atoms with Crippen LogP contribution in [0.15, 0.2) is 71.5 Å². The smallest absolute Gasteiger partial charge is 0.220 e. The van der Waals surface area contributed by atoms with Crippen LogP contribution in [0.3, 0.4) is 0 Å². The molecule has 3 rings (SSSR count). The molecule has 1 N–H and O–H groups in total. The molecule has 2 heteroatoms. The Balaban J connectivity index is 2.08. The highest BCUT2D eigenvalue weighted by Gasteiger charge is 1.96. The van der Waals surface area contributed by atoms with Gasteiger partial charge >= 0.3 is 0 Å². The minimum atomic E-state index is -0.409. The molecule has 0 amide bonds. The summed E-state index contributed by atoms with van der Waals surface area (Å²) in [5.74, 6) is 5.88. The minimum Gasteiger partial charge on any atom is -0.504 e. The van der Waals surface area contributed by atoms with Crippen molar-refractivity contribution in [3.05, 3.63) is 88.1 Å². The highest BCUT2D eigenvalue weighted by Crippen LogP contribution is 2.17. The number of hydrogen-bond donors (Lipinski definition) is 1. The van der Waals surface area contributed by atoms with Crippen molar-refractivity contribution < 1.29 is 5.11 Å². The monoisotopic (exact) mass is 272 g/mol. The normalized spacial score (nSPS) is 9.90.